The fourth-order valence-corrected chi connectivity index (χ4v) is 1.90. The summed E-state index contributed by atoms with van der Waals surface area (Å²) < 4.78 is 5.08. The van der Waals surface area contributed by atoms with Crippen LogP contribution in [-0.4, -0.2) is 39.6 Å². The van der Waals surface area contributed by atoms with Crippen molar-refractivity contribution in [1.82, 2.24) is 4.98 Å². The van der Waals surface area contributed by atoms with Crippen molar-refractivity contribution >= 4 is 34.9 Å². The van der Waals surface area contributed by atoms with E-state index >= 15 is 0 Å². The minimum absolute atomic E-state index is 0.124. The maximum atomic E-state index is 11.6. The molecule has 0 unspecified atom stereocenters. The van der Waals surface area contributed by atoms with Crippen molar-refractivity contribution in [3.63, 3.8) is 0 Å². The van der Waals surface area contributed by atoms with E-state index in [1.165, 1.54) is 5.38 Å². The summed E-state index contributed by atoms with van der Waals surface area (Å²) in [6, 6.07) is 0. The van der Waals surface area contributed by atoms with Crippen LogP contribution in [0.2, 0.25) is 0 Å². The van der Waals surface area contributed by atoms with E-state index < -0.39 is 17.7 Å². The normalized spacial score (nSPS) is 12.2. The van der Waals surface area contributed by atoms with Gasteiger partial charge in [-0.05, 0) is 34.6 Å². The Balaban J connectivity index is 2.83. The van der Waals surface area contributed by atoms with Gasteiger partial charge in [0.25, 0.3) is 0 Å². The average Bonchev–Trinajstić information content (AvgIpc) is 2.73. The number of carboxylic acid groups (broad SMARTS) is 1. The van der Waals surface area contributed by atoms with Crippen molar-refractivity contribution in [3.05, 3.63) is 10.4 Å². The molecular weight excluding hydrogens is 310 g/mol. The summed E-state index contributed by atoms with van der Waals surface area (Å²) in [7, 11) is 0. The highest BCUT2D eigenvalue weighted by molar-refractivity contribution is 7.13. The number of anilines is 1. The first-order valence-electron chi connectivity index (χ1n) is 6.51. The predicted octanol–water partition coefficient (Wildman–Crippen LogP) is 2.70. The number of aromatic nitrogens is 1. The Morgan fingerprint density at radius 3 is 2.55 bits per heavy atom. The van der Waals surface area contributed by atoms with Gasteiger partial charge in [0.2, 0.25) is 5.71 Å². The molecule has 2 N–H and O–H groups in total. The van der Waals surface area contributed by atoms with Crippen molar-refractivity contribution < 1.29 is 24.3 Å². The van der Waals surface area contributed by atoms with E-state index in [4.69, 9.17) is 14.7 Å². The Kier molecular flexibility index (Phi) is 5.86. The standard InChI is InChI=1S/C13H19N3O5S/c1-7(2)21-16-9(11(17)18)10-14-8(6-22-10)15-12(19)20-13(3,4)5/h6-7H,1-5H3,(H,15,19)(H,17,18). The van der Waals surface area contributed by atoms with E-state index in [1.807, 2.05) is 0 Å². The number of hydrogen-bond donors (Lipinski definition) is 2. The van der Waals surface area contributed by atoms with Gasteiger partial charge in [-0.3, -0.25) is 5.32 Å². The number of hydrogen-bond acceptors (Lipinski definition) is 7. The largest absolute Gasteiger partial charge is 0.476 e. The Morgan fingerprint density at radius 2 is 2.05 bits per heavy atom. The Bertz CT molecular complexity index is 574. The van der Waals surface area contributed by atoms with Crippen LogP contribution in [-0.2, 0) is 14.4 Å². The maximum absolute atomic E-state index is 11.6. The Morgan fingerprint density at radius 1 is 1.41 bits per heavy atom. The molecule has 122 valence electrons. The molecule has 0 atom stereocenters. The molecule has 0 fully saturated rings. The molecule has 0 aromatic carbocycles. The Hall–Kier alpha value is -2.16. The van der Waals surface area contributed by atoms with Gasteiger partial charge in [-0.2, -0.15) is 0 Å². The molecule has 0 aliphatic heterocycles. The zero-order valence-electron chi connectivity index (χ0n) is 13.0. The van der Waals surface area contributed by atoms with Crippen LogP contribution in [0.4, 0.5) is 10.6 Å². The third kappa shape index (κ3) is 6.08. The number of carbonyl (C=O) groups is 2. The lowest BCUT2D eigenvalue weighted by atomic mass is 10.2. The molecule has 1 aromatic heterocycles. The van der Waals surface area contributed by atoms with Crippen LogP contribution in [0.25, 0.3) is 0 Å². The van der Waals surface area contributed by atoms with Crippen LogP contribution in [0.5, 0.6) is 0 Å². The predicted molar refractivity (Wildman–Crippen MR) is 82.4 cm³/mol. The molecule has 1 amide bonds. The minimum atomic E-state index is -1.26. The summed E-state index contributed by atoms with van der Waals surface area (Å²) in [6.45, 7) is 8.65. The van der Waals surface area contributed by atoms with E-state index in [0.717, 1.165) is 11.3 Å². The SMILES string of the molecule is CC(C)ON=C(C(=O)O)c1nc(NC(=O)OC(C)(C)C)cs1. The van der Waals surface area contributed by atoms with Crippen molar-refractivity contribution in [2.45, 2.75) is 46.3 Å². The zero-order valence-corrected chi connectivity index (χ0v) is 13.9. The smallest absolute Gasteiger partial charge is 0.413 e. The Labute approximate surface area is 132 Å². The molecule has 1 aromatic rings. The number of aliphatic carboxylic acids is 1. The van der Waals surface area contributed by atoms with E-state index in [2.05, 4.69) is 15.5 Å². The summed E-state index contributed by atoms with van der Waals surface area (Å²) in [5, 5.41) is 16.7. The van der Waals surface area contributed by atoms with Gasteiger partial charge in [0, 0.05) is 5.38 Å². The summed E-state index contributed by atoms with van der Waals surface area (Å²) in [5.41, 5.74) is -0.960. The van der Waals surface area contributed by atoms with Gasteiger partial charge in [-0.1, -0.05) is 5.16 Å². The van der Waals surface area contributed by atoms with E-state index in [-0.39, 0.29) is 22.6 Å². The zero-order chi connectivity index (χ0) is 16.9. The second-order valence-corrected chi connectivity index (χ2v) is 6.42. The topological polar surface area (TPSA) is 110 Å². The highest BCUT2D eigenvalue weighted by Gasteiger charge is 2.21. The number of oxime groups is 1. The van der Waals surface area contributed by atoms with Gasteiger partial charge < -0.3 is 14.7 Å². The molecule has 0 aliphatic carbocycles. The van der Waals surface area contributed by atoms with Gasteiger partial charge >= 0.3 is 12.1 Å². The van der Waals surface area contributed by atoms with Gasteiger partial charge in [-0.25, -0.2) is 14.6 Å². The van der Waals surface area contributed by atoms with Crippen LogP contribution >= 0.6 is 11.3 Å². The highest BCUT2D eigenvalue weighted by atomic mass is 32.1. The lowest BCUT2D eigenvalue weighted by molar-refractivity contribution is -0.129. The molecule has 0 saturated carbocycles. The third-order valence-corrected chi connectivity index (χ3v) is 2.74. The van der Waals surface area contributed by atoms with Crippen LogP contribution in [0.3, 0.4) is 0 Å². The molecule has 0 saturated heterocycles. The van der Waals surface area contributed by atoms with Crippen LogP contribution in [0.15, 0.2) is 10.5 Å². The van der Waals surface area contributed by atoms with Crippen LogP contribution in [0, 0.1) is 0 Å². The number of carboxylic acids is 1. The van der Waals surface area contributed by atoms with Crippen molar-refractivity contribution in [1.29, 1.82) is 0 Å². The average molecular weight is 329 g/mol. The third-order valence-electron chi connectivity index (χ3n) is 1.89. The van der Waals surface area contributed by atoms with Gasteiger partial charge in [0.05, 0.1) is 0 Å². The number of nitrogens with one attached hydrogen (secondary N) is 1. The summed E-state index contributed by atoms with van der Waals surface area (Å²) in [5.74, 6) is -1.08. The van der Waals surface area contributed by atoms with Crippen molar-refractivity contribution in [2.24, 2.45) is 5.16 Å². The van der Waals surface area contributed by atoms with Crippen LogP contribution in [0.1, 0.15) is 39.6 Å². The maximum Gasteiger partial charge on any atom is 0.413 e. The summed E-state index contributed by atoms with van der Waals surface area (Å²) in [4.78, 5) is 31.7. The molecular formula is C13H19N3O5S. The number of nitrogens with zero attached hydrogens (tertiary/aromatic N) is 2. The first-order chi connectivity index (χ1) is 10.1. The minimum Gasteiger partial charge on any atom is -0.476 e. The molecule has 8 nitrogen and oxygen atoms in total. The van der Waals surface area contributed by atoms with E-state index in [1.54, 1.807) is 34.6 Å². The van der Waals surface area contributed by atoms with E-state index in [9.17, 15) is 9.59 Å². The number of amides is 1. The van der Waals surface area contributed by atoms with Gasteiger partial charge in [0.1, 0.15) is 17.5 Å². The molecule has 9 heteroatoms. The summed E-state index contributed by atoms with van der Waals surface area (Å²) in [6.07, 6.45) is -0.926. The molecule has 0 radical (unpaired) electrons. The van der Waals surface area contributed by atoms with E-state index in [0.29, 0.717) is 0 Å². The fraction of sp³-hybridized carbons (Fsp3) is 0.538. The lowest BCUT2D eigenvalue weighted by Gasteiger charge is -2.19. The van der Waals surface area contributed by atoms with Gasteiger partial charge in [0.15, 0.2) is 5.01 Å². The number of carbonyl (C=O) groups excluding carboxylic acids is 1. The number of rotatable bonds is 5. The molecule has 1 rings (SSSR count). The fourth-order valence-electron chi connectivity index (χ4n) is 1.18. The molecule has 1 heterocycles. The quantitative estimate of drug-likeness (QED) is 0.635. The first-order valence-corrected chi connectivity index (χ1v) is 7.39. The molecule has 0 bridgehead atoms. The molecule has 0 spiro atoms. The van der Waals surface area contributed by atoms with Crippen LogP contribution < -0.4 is 5.32 Å². The van der Waals surface area contributed by atoms with Crippen molar-refractivity contribution in [3.8, 4) is 0 Å². The number of thiazole rings is 1. The number of ether oxygens (including phenoxy) is 1. The highest BCUT2D eigenvalue weighted by Crippen LogP contribution is 2.17. The molecule has 22 heavy (non-hydrogen) atoms. The second kappa shape index (κ2) is 7.21. The molecule has 0 aliphatic rings. The van der Waals surface area contributed by atoms with Crippen molar-refractivity contribution in [2.75, 3.05) is 5.32 Å². The lowest BCUT2D eigenvalue weighted by Crippen LogP contribution is -2.27. The second-order valence-electron chi connectivity index (χ2n) is 5.56. The monoisotopic (exact) mass is 329 g/mol. The summed E-state index contributed by atoms with van der Waals surface area (Å²) >= 11 is 1.02. The first kappa shape index (κ1) is 17.9. The van der Waals surface area contributed by atoms with Gasteiger partial charge in [-0.15, -0.1) is 11.3 Å².